The molecule has 154 valence electrons. The van der Waals surface area contributed by atoms with Gasteiger partial charge < -0.3 is 18.9 Å². The van der Waals surface area contributed by atoms with Crippen molar-refractivity contribution in [1.82, 2.24) is 0 Å². The minimum absolute atomic E-state index is 0.0952. The fourth-order valence-electron chi connectivity index (χ4n) is 2.24. The van der Waals surface area contributed by atoms with Crippen LogP contribution in [0.2, 0.25) is 0 Å². The number of Topliss-reactive ketones (excluding diaryl/α,β-unsaturated/α-hetero) is 1. The van der Waals surface area contributed by atoms with E-state index in [1.165, 1.54) is 6.08 Å². The molecule has 2 rings (SSSR count). The summed E-state index contributed by atoms with van der Waals surface area (Å²) in [5.74, 6) is 1.19. The minimum atomic E-state index is -0.442. The standard InChI is InChI=1S/C23H26O6/c1-3-5-15-26-20-10-12-22(13-11-20)29-17-19(24)16-28-21-8-6-18(7-9-21)23(25)27-14-4-2/h4,6-13H,2-3,5,14-17H2,1H3. The molecule has 29 heavy (non-hydrogen) atoms. The predicted octanol–water partition coefficient (Wildman–Crippen LogP) is 4.24. The second-order valence-electron chi connectivity index (χ2n) is 6.20. The van der Waals surface area contributed by atoms with Crippen LogP contribution in [0.5, 0.6) is 17.2 Å². The van der Waals surface area contributed by atoms with Crippen LogP contribution in [0.4, 0.5) is 0 Å². The van der Waals surface area contributed by atoms with E-state index in [2.05, 4.69) is 13.5 Å². The number of ketones is 1. The lowest BCUT2D eigenvalue weighted by Gasteiger charge is -2.09. The second-order valence-corrected chi connectivity index (χ2v) is 6.20. The van der Waals surface area contributed by atoms with Crippen molar-refractivity contribution in [2.75, 3.05) is 26.4 Å². The Labute approximate surface area is 171 Å². The van der Waals surface area contributed by atoms with Crippen LogP contribution in [0.3, 0.4) is 0 Å². The summed E-state index contributed by atoms with van der Waals surface area (Å²) in [7, 11) is 0. The first-order valence-corrected chi connectivity index (χ1v) is 9.50. The number of ether oxygens (including phenoxy) is 4. The smallest absolute Gasteiger partial charge is 0.338 e. The summed E-state index contributed by atoms with van der Waals surface area (Å²) in [5, 5.41) is 0. The molecule has 0 unspecified atom stereocenters. The van der Waals surface area contributed by atoms with Crippen LogP contribution in [0.1, 0.15) is 30.1 Å². The molecule has 0 fully saturated rings. The van der Waals surface area contributed by atoms with E-state index in [0.29, 0.717) is 23.7 Å². The summed E-state index contributed by atoms with van der Waals surface area (Å²) in [6, 6.07) is 13.5. The Bertz CT molecular complexity index is 780. The lowest BCUT2D eigenvalue weighted by Crippen LogP contribution is -2.19. The Kier molecular flexibility index (Phi) is 9.29. The van der Waals surface area contributed by atoms with Gasteiger partial charge in [0.05, 0.1) is 12.2 Å². The van der Waals surface area contributed by atoms with Crippen LogP contribution in [0.15, 0.2) is 61.2 Å². The zero-order chi connectivity index (χ0) is 20.9. The third kappa shape index (κ3) is 8.09. The van der Waals surface area contributed by atoms with E-state index in [0.717, 1.165) is 18.6 Å². The van der Waals surface area contributed by atoms with E-state index < -0.39 is 5.97 Å². The normalized spacial score (nSPS) is 10.1. The summed E-state index contributed by atoms with van der Waals surface area (Å²) >= 11 is 0. The van der Waals surface area contributed by atoms with Gasteiger partial charge in [-0.05, 0) is 55.0 Å². The molecule has 0 aliphatic carbocycles. The first kappa shape index (κ1) is 22.0. The van der Waals surface area contributed by atoms with Gasteiger partial charge in [0.2, 0.25) is 5.78 Å². The number of carbonyl (C=O) groups is 2. The number of unbranched alkanes of at least 4 members (excludes halogenated alkanes) is 1. The van der Waals surface area contributed by atoms with Crippen molar-refractivity contribution in [2.45, 2.75) is 19.8 Å². The fraction of sp³-hybridized carbons (Fsp3) is 0.304. The van der Waals surface area contributed by atoms with Gasteiger partial charge in [0.15, 0.2) is 0 Å². The third-order valence-corrected chi connectivity index (χ3v) is 3.81. The largest absolute Gasteiger partial charge is 0.494 e. The molecule has 6 nitrogen and oxygen atoms in total. The summed E-state index contributed by atoms with van der Waals surface area (Å²) in [6.07, 6.45) is 3.59. The number of esters is 1. The van der Waals surface area contributed by atoms with E-state index >= 15 is 0 Å². The molecule has 2 aromatic rings. The van der Waals surface area contributed by atoms with Gasteiger partial charge in [0, 0.05) is 0 Å². The van der Waals surface area contributed by atoms with Gasteiger partial charge in [-0.15, -0.1) is 0 Å². The van der Waals surface area contributed by atoms with E-state index in [9.17, 15) is 9.59 Å². The van der Waals surface area contributed by atoms with Gasteiger partial charge in [-0.2, -0.15) is 0 Å². The van der Waals surface area contributed by atoms with Crippen molar-refractivity contribution in [1.29, 1.82) is 0 Å². The summed E-state index contributed by atoms with van der Waals surface area (Å²) in [5.41, 5.74) is 0.399. The molecule has 0 bridgehead atoms. The molecule has 6 heteroatoms. The molecule has 0 amide bonds. The monoisotopic (exact) mass is 398 g/mol. The first-order chi connectivity index (χ1) is 14.1. The summed E-state index contributed by atoms with van der Waals surface area (Å²) in [6.45, 7) is 6.21. The van der Waals surface area contributed by atoms with Gasteiger partial charge in [-0.1, -0.05) is 26.0 Å². The average Bonchev–Trinajstić information content (AvgIpc) is 2.76. The Morgan fingerprint density at radius 3 is 1.90 bits per heavy atom. The highest BCUT2D eigenvalue weighted by atomic mass is 16.5. The molecule has 0 aromatic heterocycles. The SMILES string of the molecule is C=CCOC(=O)c1ccc(OCC(=O)COc2ccc(OCCCC)cc2)cc1. The van der Waals surface area contributed by atoms with Gasteiger partial charge >= 0.3 is 5.97 Å². The second kappa shape index (κ2) is 12.2. The van der Waals surface area contributed by atoms with E-state index in [1.807, 2.05) is 12.1 Å². The van der Waals surface area contributed by atoms with Crippen LogP contribution < -0.4 is 14.2 Å². The molecule has 2 aromatic carbocycles. The Balaban J connectivity index is 1.71. The van der Waals surface area contributed by atoms with Gasteiger partial charge in [0.1, 0.15) is 37.1 Å². The zero-order valence-electron chi connectivity index (χ0n) is 16.6. The molecular formula is C23H26O6. The summed E-state index contributed by atoms with van der Waals surface area (Å²) < 4.78 is 21.4. The maximum absolute atomic E-state index is 12.0. The molecule has 0 radical (unpaired) electrons. The molecule has 0 saturated carbocycles. The number of hydrogen-bond acceptors (Lipinski definition) is 6. The Morgan fingerprint density at radius 2 is 1.38 bits per heavy atom. The minimum Gasteiger partial charge on any atom is -0.494 e. The van der Waals surface area contributed by atoms with Crippen molar-refractivity contribution in [3.8, 4) is 17.2 Å². The highest BCUT2D eigenvalue weighted by molar-refractivity contribution is 5.89. The summed E-state index contributed by atoms with van der Waals surface area (Å²) in [4.78, 5) is 23.7. The van der Waals surface area contributed by atoms with Crippen molar-refractivity contribution in [2.24, 2.45) is 0 Å². The van der Waals surface area contributed by atoms with Crippen molar-refractivity contribution < 1.29 is 28.5 Å². The van der Waals surface area contributed by atoms with E-state index in [4.69, 9.17) is 18.9 Å². The van der Waals surface area contributed by atoms with Crippen molar-refractivity contribution in [3.05, 3.63) is 66.7 Å². The van der Waals surface area contributed by atoms with Crippen LogP contribution in [-0.2, 0) is 9.53 Å². The van der Waals surface area contributed by atoms with Crippen LogP contribution >= 0.6 is 0 Å². The molecule has 0 N–H and O–H groups in total. The van der Waals surface area contributed by atoms with Crippen LogP contribution in [0.25, 0.3) is 0 Å². The molecule has 0 aliphatic heterocycles. The maximum Gasteiger partial charge on any atom is 0.338 e. The quantitative estimate of drug-likeness (QED) is 0.286. The van der Waals surface area contributed by atoms with Crippen LogP contribution in [0, 0.1) is 0 Å². The lowest BCUT2D eigenvalue weighted by atomic mass is 10.2. The average molecular weight is 398 g/mol. The molecule has 0 heterocycles. The highest BCUT2D eigenvalue weighted by Crippen LogP contribution is 2.18. The molecular weight excluding hydrogens is 372 g/mol. The van der Waals surface area contributed by atoms with E-state index in [-0.39, 0.29) is 25.6 Å². The van der Waals surface area contributed by atoms with E-state index in [1.54, 1.807) is 36.4 Å². The lowest BCUT2D eigenvalue weighted by molar-refractivity contribution is -0.123. The molecule has 0 atom stereocenters. The Morgan fingerprint density at radius 1 is 0.862 bits per heavy atom. The van der Waals surface area contributed by atoms with Crippen molar-refractivity contribution >= 4 is 11.8 Å². The maximum atomic E-state index is 12.0. The van der Waals surface area contributed by atoms with Crippen LogP contribution in [-0.4, -0.2) is 38.2 Å². The van der Waals surface area contributed by atoms with Gasteiger partial charge in [-0.3, -0.25) is 4.79 Å². The Hall–Kier alpha value is -3.28. The molecule has 0 aliphatic rings. The topological polar surface area (TPSA) is 71.1 Å². The fourth-order valence-corrected chi connectivity index (χ4v) is 2.24. The number of carbonyl (C=O) groups excluding carboxylic acids is 2. The predicted molar refractivity (Wildman–Crippen MR) is 110 cm³/mol. The first-order valence-electron chi connectivity index (χ1n) is 9.50. The molecule has 0 saturated heterocycles. The van der Waals surface area contributed by atoms with Gasteiger partial charge in [-0.25, -0.2) is 4.79 Å². The number of benzene rings is 2. The number of rotatable bonds is 13. The van der Waals surface area contributed by atoms with Crippen molar-refractivity contribution in [3.63, 3.8) is 0 Å². The number of hydrogen-bond donors (Lipinski definition) is 0. The van der Waals surface area contributed by atoms with Gasteiger partial charge in [0.25, 0.3) is 0 Å². The molecule has 0 spiro atoms. The highest BCUT2D eigenvalue weighted by Gasteiger charge is 2.08. The third-order valence-electron chi connectivity index (χ3n) is 3.81. The zero-order valence-corrected chi connectivity index (χ0v) is 16.6.